The summed E-state index contributed by atoms with van der Waals surface area (Å²) in [4.78, 5) is 14.4. The quantitative estimate of drug-likeness (QED) is 0.573. The molecule has 1 aromatic carbocycles. The van der Waals surface area contributed by atoms with E-state index in [1.165, 1.54) is 5.56 Å². The summed E-state index contributed by atoms with van der Waals surface area (Å²) < 4.78 is 0. The highest BCUT2D eigenvalue weighted by Gasteiger charge is 2.05. The van der Waals surface area contributed by atoms with Crippen LogP contribution in [-0.4, -0.2) is 11.2 Å². The van der Waals surface area contributed by atoms with E-state index in [0.29, 0.717) is 5.56 Å². The second-order valence-corrected chi connectivity index (χ2v) is 2.83. The standard InChI is InChI=1S/C10H12O3/c1-2-3-8-4-6-9(7-5-8)10(11)13-12/h4-7,12H,2-3H2,1H3. The fraction of sp³-hybridized carbons (Fsp3) is 0.300. The van der Waals surface area contributed by atoms with Crippen LogP contribution in [0.3, 0.4) is 0 Å². The molecular formula is C10H12O3. The summed E-state index contributed by atoms with van der Waals surface area (Å²) in [6.45, 7) is 2.09. The van der Waals surface area contributed by atoms with E-state index in [9.17, 15) is 4.79 Å². The lowest BCUT2D eigenvalue weighted by atomic mass is 10.1. The number of rotatable bonds is 3. The maximum absolute atomic E-state index is 10.8. The summed E-state index contributed by atoms with van der Waals surface area (Å²) in [5.41, 5.74) is 1.54. The van der Waals surface area contributed by atoms with Gasteiger partial charge in [-0.25, -0.2) is 4.79 Å². The number of carbonyl (C=O) groups excluding carboxylic acids is 1. The monoisotopic (exact) mass is 180 g/mol. The van der Waals surface area contributed by atoms with Gasteiger partial charge in [-0.15, -0.1) is 0 Å². The molecule has 0 bridgehead atoms. The highest BCUT2D eigenvalue weighted by atomic mass is 17.1. The average molecular weight is 180 g/mol. The number of aryl methyl sites for hydroxylation is 1. The van der Waals surface area contributed by atoms with Crippen LogP contribution in [0.1, 0.15) is 29.3 Å². The van der Waals surface area contributed by atoms with E-state index in [-0.39, 0.29) is 0 Å². The molecule has 0 radical (unpaired) electrons. The Hall–Kier alpha value is -1.35. The van der Waals surface area contributed by atoms with E-state index in [1.807, 2.05) is 12.1 Å². The summed E-state index contributed by atoms with van der Waals surface area (Å²) in [7, 11) is 0. The predicted molar refractivity (Wildman–Crippen MR) is 48.5 cm³/mol. The van der Waals surface area contributed by atoms with Crippen LogP contribution < -0.4 is 0 Å². The van der Waals surface area contributed by atoms with Gasteiger partial charge in [0.25, 0.3) is 0 Å². The van der Waals surface area contributed by atoms with Gasteiger partial charge in [0.1, 0.15) is 0 Å². The lowest BCUT2D eigenvalue weighted by Gasteiger charge is -1.99. The second-order valence-electron chi connectivity index (χ2n) is 2.83. The fourth-order valence-electron chi connectivity index (χ4n) is 1.15. The van der Waals surface area contributed by atoms with Crippen molar-refractivity contribution >= 4 is 5.97 Å². The maximum atomic E-state index is 10.8. The van der Waals surface area contributed by atoms with Crippen molar-refractivity contribution in [3.8, 4) is 0 Å². The van der Waals surface area contributed by atoms with Crippen molar-refractivity contribution < 1.29 is 14.9 Å². The van der Waals surface area contributed by atoms with Crippen molar-refractivity contribution in [2.75, 3.05) is 0 Å². The first-order valence-electron chi connectivity index (χ1n) is 4.22. The predicted octanol–water partition coefficient (Wildman–Crippen LogP) is 2.27. The van der Waals surface area contributed by atoms with Gasteiger partial charge in [0, 0.05) is 0 Å². The van der Waals surface area contributed by atoms with Crippen molar-refractivity contribution in [3.05, 3.63) is 35.4 Å². The van der Waals surface area contributed by atoms with Gasteiger partial charge in [0.2, 0.25) is 0 Å². The van der Waals surface area contributed by atoms with Gasteiger partial charge in [0.15, 0.2) is 0 Å². The summed E-state index contributed by atoms with van der Waals surface area (Å²) in [5, 5.41) is 8.11. The Bertz CT molecular complexity index is 277. The van der Waals surface area contributed by atoms with Crippen molar-refractivity contribution in [3.63, 3.8) is 0 Å². The Morgan fingerprint density at radius 2 is 2.00 bits per heavy atom. The summed E-state index contributed by atoms with van der Waals surface area (Å²) in [5.74, 6) is -0.719. The van der Waals surface area contributed by atoms with Crippen LogP contribution in [0.25, 0.3) is 0 Å². The minimum Gasteiger partial charge on any atom is -0.296 e. The third kappa shape index (κ3) is 2.56. The summed E-state index contributed by atoms with van der Waals surface area (Å²) >= 11 is 0. The summed E-state index contributed by atoms with van der Waals surface area (Å²) in [6, 6.07) is 7.00. The molecule has 0 spiro atoms. The minimum atomic E-state index is -0.719. The molecule has 0 saturated carbocycles. The number of hydrogen-bond donors (Lipinski definition) is 1. The Morgan fingerprint density at radius 1 is 1.38 bits per heavy atom. The lowest BCUT2D eigenvalue weighted by Crippen LogP contribution is -2.01. The third-order valence-electron chi connectivity index (χ3n) is 1.81. The van der Waals surface area contributed by atoms with Crippen LogP contribution in [0.4, 0.5) is 0 Å². The van der Waals surface area contributed by atoms with Crippen LogP contribution in [0.15, 0.2) is 24.3 Å². The minimum absolute atomic E-state index is 0.363. The molecule has 0 aliphatic carbocycles. The first-order valence-corrected chi connectivity index (χ1v) is 4.22. The van der Waals surface area contributed by atoms with Crippen LogP contribution in [-0.2, 0) is 11.3 Å². The first-order chi connectivity index (χ1) is 6.27. The van der Waals surface area contributed by atoms with Crippen LogP contribution >= 0.6 is 0 Å². The Labute approximate surface area is 76.9 Å². The van der Waals surface area contributed by atoms with Crippen molar-refractivity contribution in [1.29, 1.82) is 0 Å². The van der Waals surface area contributed by atoms with E-state index >= 15 is 0 Å². The van der Waals surface area contributed by atoms with Gasteiger partial charge in [-0.3, -0.25) is 4.89 Å². The lowest BCUT2D eigenvalue weighted by molar-refractivity contribution is -0.182. The van der Waals surface area contributed by atoms with Crippen LogP contribution in [0.2, 0.25) is 0 Å². The van der Waals surface area contributed by atoms with E-state index in [4.69, 9.17) is 5.26 Å². The van der Waals surface area contributed by atoms with Crippen molar-refractivity contribution in [2.24, 2.45) is 0 Å². The molecule has 0 unspecified atom stereocenters. The van der Waals surface area contributed by atoms with E-state index in [0.717, 1.165) is 12.8 Å². The Kier molecular flexibility index (Phi) is 3.46. The molecular weight excluding hydrogens is 168 g/mol. The number of carbonyl (C=O) groups is 1. The molecule has 0 heterocycles. The van der Waals surface area contributed by atoms with Gasteiger partial charge in [0.05, 0.1) is 5.56 Å². The molecule has 0 aliphatic rings. The van der Waals surface area contributed by atoms with E-state index in [2.05, 4.69) is 11.8 Å². The van der Waals surface area contributed by atoms with Gasteiger partial charge in [-0.1, -0.05) is 25.5 Å². The SMILES string of the molecule is CCCc1ccc(C(=O)OO)cc1. The zero-order valence-corrected chi connectivity index (χ0v) is 7.49. The van der Waals surface area contributed by atoms with Gasteiger partial charge in [-0.2, -0.15) is 5.26 Å². The molecule has 0 atom stereocenters. The molecule has 0 aliphatic heterocycles. The molecule has 1 aromatic rings. The highest BCUT2D eigenvalue weighted by Crippen LogP contribution is 2.07. The second kappa shape index (κ2) is 4.62. The Balaban J connectivity index is 2.75. The van der Waals surface area contributed by atoms with Crippen molar-refractivity contribution in [2.45, 2.75) is 19.8 Å². The topological polar surface area (TPSA) is 46.5 Å². The molecule has 1 N–H and O–H groups in total. The fourth-order valence-corrected chi connectivity index (χ4v) is 1.15. The normalized spacial score (nSPS) is 9.69. The van der Waals surface area contributed by atoms with E-state index in [1.54, 1.807) is 12.1 Å². The maximum Gasteiger partial charge on any atom is 0.372 e. The van der Waals surface area contributed by atoms with Crippen LogP contribution in [0.5, 0.6) is 0 Å². The summed E-state index contributed by atoms with van der Waals surface area (Å²) in [6.07, 6.45) is 2.07. The molecule has 13 heavy (non-hydrogen) atoms. The number of hydrogen-bond acceptors (Lipinski definition) is 3. The van der Waals surface area contributed by atoms with Crippen LogP contribution in [0, 0.1) is 0 Å². The smallest absolute Gasteiger partial charge is 0.296 e. The molecule has 0 fully saturated rings. The molecule has 3 nitrogen and oxygen atoms in total. The molecule has 3 heteroatoms. The zero-order chi connectivity index (χ0) is 9.68. The highest BCUT2D eigenvalue weighted by molar-refractivity contribution is 5.88. The van der Waals surface area contributed by atoms with Crippen molar-refractivity contribution in [1.82, 2.24) is 0 Å². The largest absolute Gasteiger partial charge is 0.372 e. The molecule has 0 aromatic heterocycles. The average Bonchev–Trinajstić information content (AvgIpc) is 2.18. The molecule has 1 rings (SSSR count). The number of benzene rings is 1. The van der Waals surface area contributed by atoms with E-state index < -0.39 is 5.97 Å². The van der Waals surface area contributed by atoms with Gasteiger partial charge >= 0.3 is 5.97 Å². The third-order valence-corrected chi connectivity index (χ3v) is 1.81. The first kappa shape index (κ1) is 9.74. The Morgan fingerprint density at radius 3 is 2.46 bits per heavy atom. The molecule has 70 valence electrons. The molecule has 0 saturated heterocycles. The molecule has 0 amide bonds. The van der Waals surface area contributed by atoms with Gasteiger partial charge < -0.3 is 0 Å². The zero-order valence-electron chi connectivity index (χ0n) is 7.49. The van der Waals surface area contributed by atoms with Gasteiger partial charge in [-0.05, 0) is 24.1 Å².